The van der Waals surface area contributed by atoms with E-state index in [0.29, 0.717) is 6.54 Å². The minimum absolute atomic E-state index is 0.166. The molecule has 1 aliphatic rings. The lowest BCUT2D eigenvalue weighted by Crippen LogP contribution is -2.24. The van der Waals surface area contributed by atoms with Crippen LogP contribution in [0, 0.1) is 5.92 Å². The van der Waals surface area contributed by atoms with Crippen molar-refractivity contribution in [1.29, 1.82) is 0 Å². The average Bonchev–Trinajstić information content (AvgIpc) is 2.40. The largest absolute Gasteiger partial charge is 0.326 e. The minimum atomic E-state index is 0.166. The number of nitrogens with two attached hydrogens (primary N) is 1. The summed E-state index contributed by atoms with van der Waals surface area (Å²) >= 11 is 0. The number of hydrogen-bond donors (Lipinski definition) is 2. The number of hydrogen-bond acceptors (Lipinski definition) is 2. The second-order valence-corrected chi connectivity index (χ2v) is 4.73. The molecule has 0 bridgehead atoms. The maximum atomic E-state index is 12.0. The molecule has 1 aliphatic carbocycles. The monoisotopic (exact) mass is 232 g/mol. The summed E-state index contributed by atoms with van der Waals surface area (Å²) in [5, 5.41) is 2.99. The van der Waals surface area contributed by atoms with Gasteiger partial charge in [-0.25, -0.2) is 0 Å². The molecule has 1 fully saturated rings. The van der Waals surface area contributed by atoms with Crippen molar-refractivity contribution in [3.8, 4) is 0 Å². The quantitative estimate of drug-likeness (QED) is 0.841. The van der Waals surface area contributed by atoms with Crippen LogP contribution >= 0.6 is 0 Å². The molecule has 1 aromatic carbocycles. The van der Waals surface area contributed by atoms with Crippen LogP contribution in [0.5, 0.6) is 0 Å². The molecule has 1 amide bonds. The van der Waals surface area contributed by atoms with Gasteiger partial charge in [0.15, 0.2) is 0 Å². The molecule has 0 unspecified atom stereocenters. The second kappa shape index (κ2) is 5.82. The Balaban J connectivity index is 1.96. The number of carbonyl (C=O) groups excluding carboxylic acids is 1. The van der Waals surface area contributed by atoms with E-state index < -0.39 is 0 Å². The van der Waals surface area contributed by atoms with Gasteiger partial charge >= 0.3 is 0 Å². The SMILES string of the molecule is NCc1cccc(NC(=O)C2CCCCC2)c1. The summed E-state index contributed by atoms with van der Waals surface area (Å²) in [4.78, 5) is 12.0. The Morgan fingerprint density at radius 3 is 2.76 bits per heavy atom. The fraction of sp³-hybridized carbons (Fsp3) is 0.500. The van der Waals surface area contributed by atoms with Crippen LogP contribution in [0.3, 0.4) is 0 Å². The second-order valence-electron chi connectivity index (χ2n) is 4.73. The van der Waals surface area contributed by atoms with Crippen LogP contribution in [0.4, 0.5) is 5.69 Å². The predicted molar refractivity (Wildman–Crippen MR) is 69.5 cm³/mol. The van der Waals surface area contributed by atoms with Crippen LogP contribution in [0.1, 0.15) is 37.7 Å². The van der Waals surface area contributed by atoms with Crippen molar-refractivity contribution in [2.45, 2.75) is 38.6 Å². The topological polar surface area (TPSA) is 55.1 Å². The third-order valence-corrected chi connectivity index (χ3v) is 3.41. The normalized spacial score (nSPS) is 16.8. The number of benzene rings is 1. The van der Waals surface area contributed by atoms with Crippen LogP contribution < -0.4 is 11.1 Å². The average molecular weight is 232 g/mol. The molecule has 92 valence electrons. The molecular weight excluding hydrogens is 212 g/mol. The summed E-state index contributed by atoms with van der Waals surface area (Å²) in [6, 6.07) is 7.76. The van der Waals surface area contributed by atoms with E-state index in [0.717, 1.165) is 24.1 Å². The fourth-order valence-electron chi connectivity index (χ4n) is 2.39. The van der Waals surface area contributed by atoms with Crippen LogP contribution in [0.2, 0.25) is 0 Å². The summed E-state index contributed by atoms with van der Waals surface area (Å²) in [6.07, 6.45) is 5.69. The lowest BCUT2D eigenvalue weighted by molar-refractivity contribution is -0.120. The maximum Gasteiger partial charge on any atom is 0.227 e. The first-order chi connectivity index (χ1) is 8.29. The lowest BCUT2D eigenvalue weighted by Gasteiger charge is -2.20. The van der Waals surface area contributed by atoms with Gasteiger partial charge in [-0.1, -0.05) is 31.4 Å². The number of amides is 1. The fourth-order valence-corrected chi connectivity index (χ4v) is 2.39. The zero-order valence-corrected chi connectivity index (χ0v) is 10.1. The van der Waals surface area contributed by atoms with Crippen molar-refractivity contribution in [3.63, 3.8) is 0 Å². The number of carbonyl (C=O) groups is 1. The van der Waals surface area contributed by atoms with E-state index in [9.17, 15) is 4.79 Å². The van der Waals surface area contributed by atoms with Gasteiger partial charge in [-0.15, -0.1) is 0 Å². The Kier molecular flexibility index (Phi) is 4.15. The van der Waals surface area contributed by atoms with E-state index in [1.165, 1.54) is 19.3 Å². The summed E-state index contributed by atoms with van der Waals surface area (Å²) in [5.74, 6) is 0.365. The van der Waals surface area contributed by atoms with E-state index in [1.807, 2.05) is 24.3 Å². The molecule has 17 heavy (non-hydrogen) atoms. The molecule has 0 atom stereocenters. The van der Waals surface area contributed by atoms with Crippen molar-refractivity contribution in [1.82, 2.24) is 0 Å². The highest BCUT2D eigenvalue weighted by Crippen LogP contribution is 2.25. The molecular formula is C14H20N2O. The number of nitrogens with one attached hydrogen (secondary N) is 1. The smallest absolute Gasteiger partial charge is 0.227 e. The standard InChI is InChI=1S/C14H20N2O/c15-10-11-5-4-8-13(9-11)16-14(17)12-6-2-1-3-7-12/h4-5,8-9,12H,1-3,6-7,10,15H2,(H,16,17). The Morgan fingerprint density at radius 1 is 1.29 bits per heavy atom. The molecule has 0 aliphatic heterocycles. The first kappa shape index (κ1) is 12.1. The van der Waals surface area contributed by atoms with Crippen molar-refractivity contribution < 1.29 is 4.79 Å². The Labute approximate surface area is 102 Å². The third-order valence-electron chi connectivity index (χ3n) is 3.41. The van der Waals surface area contributed by atoms with Gasteiger partial charge in [-0.2, -0.15) is 0 Å². The molecule has 0 saturated heterocycles. The van der Waals surface area contributed by atoms with E-state index >= 15 is 0 Å². The zero-order chi connectivity index (χ0) is 12.1. The first-order valence-electron chi connectivity index (χ1n) is 6.39. The Morgan fingerprint density at radius 2 is 2.06 bits per heavy atom. The van der Waals surface area contributed by atoms with Gasteiger partial charge < -0.3 is 11.1 Å². The van der Waals surface area contributed by atoms with E-state index in [4.69, 9.17) is 5.73 Å². The van der Waals surface area contributed by atoms with Gasteiger partial charge in [0, 0.05) is 18.2 Å². The summed E-state index contributed by atoms with van der Waals surface area (Å²) in [5.41, 5.74) is 7.49. The highest BCUT2D eigenvalue weighted by molar-refractivity contribution is 5.92. The van der Waals surface area contributed by atoms with E-state index in [-0.39, 0.29) is 11.8 Å². The lowest BCUT2D eigenvalue weighted by atomic mass is 9.88. The molecule has 2 rings (SSSR count). The highest BCUT2D eigenvalue weighted by atomic mass is 16.1. The summed E-state index contributed by atoms with van der Waals surface area (Å²) < 4.78 is 0. The molecule has 1 saturated carbocycles. The number of anilines is 1. The van der Waals surface area contributed by atoms with Crippen molar-refractivity contribution >= 4 is 11.6 Å². The van der Waals surface area contributed by atoms with Crippen molar-refractivity contribution in [2.24, 2.45) is 11.7 Å². The highest BCUT2D eigenvalue weighted by Gasteiger charge is 2.20. The summed E-state index contributed by atoms with van der Waals surface area (Å²) in [6.45, 7) is 0.507. The van der Waals surface area contributed by atoms with Crippen LogP contribution in [-0.2, 0) is 11.3 Å². The molecule has 3 N–H and O–H groups in total. The van der Waals surface area contributed by atoms with Gasteiger partial charge in [-0.3, -0.25) is 4.79 Å². The third kappa shape index (κ3) is 3.30. The number of rotatable bonds is 3. The van der Waals surface area contributed by atoms with E-state index in [2.05, 4.69) is 5.32 Å². The van der Waals surface area contributed by atoms with Gasteiger partial charge in [0.2, 0.25) is 5.91 Å². The van der Waals surface area contributed by atoms with Gasteiger partial charge in [0.05, 0.1) is 0 Å². The van der Waals surface area contributed by atoms with Crippen LogP contribution in [-0.4, -0.2) is 5.91 Å². The van der Waals surface area contributed by atoms with Crippen molar-refractivity contribution in [2.75, 3.05) is 5.32 Å². The summed E-state index contributed by atoms with van der Waals surface area (Å²) in [7, 11) is 0. The minimum Gasteiger partial charge on any atom is -0.326 e. The maximum absolute atomic E-state index is 12.0. The molecule has 0 spiro atoms. The molecule has 3 heteroatoms. The van der Waals surface area contributed by atoms with Gasteiger partial charge in [0.1, 0.15) is 0 Å². The van der Waals surface area contributed by atoms with Crippen molar-refractivity contribution in [3.05, 3.63) is 29.8 Å². The molecule has 1 aromatic rings. The van der Waals surface area contributed by atoms with Crippen LogP contribution in [0.25, 0.3) is 0 Å². The zero-order valence-electron chi connectivity index (χ0n) is 10.1. The van der Waals surface area contributed by atoms with Gasteiger partial charge in [-0.05, 0) is 30.5 Å². The molecule has 0 aromatic heterocycles. The first-order valence-corrected chi connectivity index (χ1v) is 6.39. The Hall–Kier alpha value is -1.35. The van der Waals surface area contributed by atoms with Gasteiger partial charge in [0.25, 0.3) is 0 Å². The molecule has 0 radical (unpaired) electrons. The predicted octanol–water partition coefficient (Wildman–Crippen LogP) is 2.66. The molecule has 3 nitrogen and oxygen atoms in total. The molecule has 0 heterocycles. The van der Waals surface area contributed by atoms with E-state index in [1.54, 1.807) is 0 Å². The van der Waals surface area contributed by atoms with Crippen LogP contribution in [0.15, 0.2) is 24.3 Å². The Bertz CT molecular complexity index is 384.